The Hall–Kier alpha value is -3.72. The lowest BCUT2D eigenvalue weighted by Gasteiger charge is -2.09. The minimum absolute atomic E-state index is 0.138. The zero-order valence-corrected chi connectivity index (χ0v) is 16.3. The largest absolute Gasteiger partial charge is 0.319 e. The van der Waals surface area contributed by atoms with Crippen molar-refractivity contribution in [2.24, 2.45) is 0 Å². The van der Waals surface area contributed by atoms with Gasteiger partial charge in [0.25, 0.3) is 0 Å². The molecular formula is C26H23NO2. The molecule has 0 saturated carbocycles. The number of rotatable bonds is 7. The van der Waals surface area contributed by atoms with Gasteiger partial charge in [-0.15, -0.1) is 0 Å². The molecule has 0 bridgehead atoms. The van der Waals surface area contributed by atoms with E-state index in [1.54, 1.807) is 12.2 Å². The molecule has 3 heteroatoms. The Kier molecular flexibility index (Phi) is 6.90. The van der Waals surface area contributed by atoms with Crippen LogP contribution in [0.3, 0.4) is 0 Å². The van der Waals surface area contributed by atoms with Crippen molar-refractivity contribution in [3.05, 3.63) is 119 Å². The Bertz CT molecular complexity index is 1030. The second-order valence-electron chi connectivity index (χ2n) is 6.79. The average Bonchev–Trinajstić information content (AvgIpc) is 2.73. The van der Waals surface area contributed by atoms with Gasteiger partial charge in [-0.3, -0.25) is 9.59 Å². The SMILES string of the molecule is Cc1cccc(CC(=O)/C(=C/c2ccccc2)NC(=O)/C=C/c2ccccc2)c1. The van der Waals surface area contributed by atoms with Crippen molar-refractivity contribution in [1.29, 1.82) is 0 Å². The number of carbonyl (C=O) groups excluding carboxylic acids is 2. The maximum atomic E-state index is 12.9. The van der Waals surface area contributed by atoms with E-state index in [0.717, 1.165) is 22.3 Å². The van der Waals surface area contributed by atoms with Crippen molar-refractivity contribution >= 4 is 23.8 Å². The Morgan fingerprint density at radius 1 is 0.828 bits per heavy atom. The molecular weight excluding hydrogens is 358 g/mol. The molecule has 0 aliphatic rings. The van der Waals surface area contributed by atoms with Gasteiger partial charge < -0.3 is 5.32 Å². The first-order chi connectivity index (χ1) is 14.1. The molecule has 0 saturated heterocycles. The minimum atomic E-state index is -0.339. The normalized spacial score (nSPS) is 11.4. The summed E-state index contributed by atoms with van der Waals surface area (Å²) in [5, 5.41) is 2.76. The van der Waals surface area contributed by atoms with E-state index < -0.39 is 0 Å². The number of Topliss-reactive ketones (excluding diaryl/α,β-unsaturated/α-hetero) is 1. The van der Waals surface area contributed by atoms with Crippen molar-refractivity contribution in [2.75, 3.05) is 0 Å². The topological polar surface area (TPSA) is 46.2 Å². The molecule has 144 valence electrons. The van der Waals surface area contributed by atoms with Crippen molar-refractivity contribution in [2.45, 2.75) is 13.3 Å². The number of allylic oxidation sites excluding steroid dienone is 1. The fraction of sp³-hybridized carbons (Fsp3) is 0.0769. The molecule has 1 amide bonds. The molecule has 3 aromatic carbocycles. The predicted molar refractivity (Wildman–Crippen MR) is 118 cm³/mol. The zero-order valence-electron chi connectivity index (χ0n) is 16.3. The summed E-state index contributed by atoms with van der Waals surface area (Å²) in [7, 11) is 0. The van der Waals surface area contributed by atoms with Crippen LogP contribution in [0.5, 0.6) is 0 Å². The van der Waals surface area contributed by atoms with Crippen molar-refractivity contribution < 1.29 is 9.59 Å². The van der Waals surface area contributed by atoms with E-state index in [1.807, 2.05) is 91.9 Å². The van der Waals surface area contributed by atoms with Crippen LogP contribution in [0.2, 0.25) is 0 Å². The summed E-state index contributed by atoms with van der Waals surface area (Å²) >= 11 is 0. The van der Waals surface area contributed by atoms with E-state index >= 15 is 0 Å². The van der Waals surface area contributed by atoms with E-state index in [2.05, 4.69) is 5.32 Å². The highest BCUT2D eigenvalue weighted by Crippen LogP contribution is 2.11. The number of aryl methyl sites for hydroxylation is 1. The van der Waals surface area contributed by atoms with Gasteiger partial charge in [0.05, 0.1) is 5.70 Å². The molecule has 3 nitrogen and oxygen atoms in total. The molecule has 0 radical (unpaired) electrons. The van der Waals surface area contributed by atoms with Gasteiger partial charge in [-0.05, 0) is 35.8 Å². The number of ketones is 1. The number of benzene rings is 3. The predicted octanol–water partition coefficient (Wildman–Crippen LogP) is 4.98. The number of hydrogen-bond acceptors (Lipinski definition) is 2. The van der Waals surface area contributed by atoms with Crippen LogP contribution < -0.4 is 5.32 Å². The number of amides is 1. The van der Waals surface area contributed by atoms with Gasteiger partial charge in [-0.1, -0.05) is 90.5 Å². The molecule has 0 unspecified atom stereocenters. The lowest BCUT2D eigenvalue weighted by atomic mass is 10.0. The van der Waals surface area contributed by atoms with Gasteiger partial charge in [0.1, 0.15) is 0 Å². The molecule has 0 spiro atoms. The highest BCUT2D eigenvalue weighted by atomic mass is 16.2. The Labute approximate surface area is 171 Å². The molecule has 29 heavy (non-hydrogen) atoms. The Morgan fingerprint density at radius 2 is 1.48 bits per heavy atom. The van der Waals surface area contributed by atoms with Gasteiger partial charge >= 0.3 is 0 Å². The molecule has 3 aromatic rings. The van der Waals surface area contributed by atoms with Crippen LogP contribution >= 0.6 is 0 Å². The first-order valence-corrected chi connectivity index (χ1v) is 9.50. The van der Waals surface area contributed by atoms with Crippen molar-refractivity contribution in [3.8, 4) is 0 Å². The van der Waals surface area contributed by atoms with Gasteiger partial charge in [-0.2, -0.15) is 0 Å². The summed E-state index contributed by atoms with van der Waals surface area (Å²) in [4.78, 5) is 25.4. The van der Waals surface area contributed by atoms with Crippen LogP contribution in [0.1, 0.15) is 22.3 Å². The highest BCUT2D eigenvalue weighted by Gasteiger charge is 2.13. The molecule has 1 N–H and O–H groups in total. The zero-order chi connectivity index (χ0) is 20.5. The van der Waals surface area contributed by atoms with E-state index in [1.165, 1.54) is 6.08 Å². The molecule has 0 atom stereocenters. The standard InChI is InChI=1S/C26H23NO2/c1-20-9-8-14-23(17-20)19-25(28)24(18-22-12-6-3-7-13-22)27-26(29)16-15-21-10-4-2-5-11-21/h2-18H,19H2,1H3,(H,27,29)/b16-15+,24-18-. The smallest absolute Gasteiger partial charge is 0.248 e. The fourth-order valence-electron chi connectivity index (χ4n) is 2.92. The summed E-state index contributed by atoms with van der Waals surface area (Å²) in [6.45, 7) is 1.99. The fourth-order valence-corrected chi connectivity index (χ4v) is 2.92. The highest BCUT2D eigenvalue weighted by molar-refractivity contribution is 6.06. The molecule has 0 aliphatic heterocycles. The molecule has 3 rings (SSSR count). The summed E-state index contributed by atoms with van der Waals surface area (Å²) < 4.78 is 0. The summed E-state index contributed by atoms with van der Waals surface area (Å²) in [5.74, 6) is -0.477. The molecule has 0 fully saturated rings. The number of hydrogen-bond donors (Lipinski definition) is 1. The van der Waals surface area contributed by atoms with E-state index in [0.29, 0.717) is 0 Å². The molecule has 0 aliphatic carbocycles. The average molecular weight is 381 g/mol. The van der Waals surface area contributed by atoms with Gasteiger partial charge in [0.15, 0.2) is 5.78 Å². The minimum Gasteiger partial charge on any atom is -0.319 e. The van der Waals surface area contributed by atoms with E-state index in [4.69, 9.17) is 0 Å². The molecule has 0 aromatic heterocycles. The number of carbonyl (C=O) groups is 2. The van der Waals surface area contributed by atoms with Crippen LogP contribution in [0, 0.1) is 6.92 Å². The maximum Gasteiger partial charge on any atom is 0.248 e. The third-order valence-corrected chi connectivity index (χ3v) is 4.34. The van der Waals surface area contributed by atoms with Gasteiger partial charge in [0.2, 0.25) is 5.91 Å². The van der Waals surface area contributed by atoms with Gasteiger partial charge in [-0.25, -0.2) is 0 Å². The van der Waals surface area contributed by atoms with E-state index in [-0.39, 0.29) is 23.8 Å². The second kappa shape index (κ2) is 10.00. The molecule has 0 heterocycles. The first kappa shape index (κ1) is 20.0. The summed E-state index contributed by atoms with van der Waals surface area (Å²) in [6, 6.07) is 26.9. The summed E-state index contributed by atoms with van der Waals surface area (Å²) in [6.07, 6.45) is 5.10. The summed E-state index contributed by atoms with van der Waals surface area (Å²) in [5.41, 5.74) is 4.07. The Balaban J connectivity index is 1.79. The maximum absolute atomic E-state index is 12.9. The third kappa shape index (κ3) is 6.43. The monoisotopic (exact) mass is 381 g/mol. The van der Waals surface area contributed by atoms with Crippen LogP contribution in [0.4, 0.5) is 0 Å². The van der Waals surface area contributed by atoms with Crippen LogP contribution in [0.25, 0.3) is 12.2 Å². The lowest BCUT2D eigenvalue weighted by Crippen LogP contribution is -2.26. The van der Waals surface area contributed by atoms with Crippen LogP contribution in [0.15, 0.2) is 96.7 Å². The third-order valence-electron chi connectivity index (χ3n) is 4.34. The van der Waals surface area contributed by atoms with Crippen molar-refractivity contribution in [1.82, 2.24) is 5.32 Å². The Morgan fingerprint density at radius 3 is 2.14 bits per heavy atom. The second-order valence-corrected chi connectivity index (χ2v) is 6.79. The lowest BCUT2D eigenvalue weighted by molar-refractivity contribution is -0.119. The quantitative estimate of drug-likeness (QED) is 0.587. The van der Waals surface area contributed by atoms with Gasteiger partial charge in [0, 0.05) is 12.5 Å². The van der Waals surface area contributed by atoms with E-state index in [9.17, 15) is 9.59 Å². The first-order valence-electron chi connectivity index (χ1n) is 9.50. The van der Waals surface area contributed by atoms with Crippen LogP contribution in [-0.4, -0.2) is 11.7 Å². The van der Waals surface area contributed by atoms with Crippen molar-refractivity contribution in [3.63, 3.8) is 0 Å². The number of nitrogens with one attached hydrogen (secondary N) is 1. The van der Waals surface area contributed by atoms with Crippen LogP contribution in [-0.2, 0) is 16.0 Å².